The first kappa shape index (κ1) is 21.6. The summed E-state index contributed by atoms with van der Waals surface area (Å²) >= 11 is 1.53. The fraction of sp³-hybridized carbons (Fsp3) is 0.208. The predicted octanol–water partition coefficient (Wildman–Crippen LogP) is 4.42. The summed E-state index contributed by atoms with van der Waals surface area (Å²) in [4.78, 5) is 9.96. The van der Waals surface area contributed by atoms with Crippen LogP contribution < -0.4 is 10.5 Å². The number of amidine groups is 1. The van der Waals surface area contributed by atoms with Crippen molar-refractivity contribution >= 4 is 17.2 Å². The quantitative estimate of drug-likeness (QED) is 0.233. The maximum absolute atomic E-state index is 6.14. The van der Waals surface area contributed by atoms with Crippen molar-refractivity contribution in [3.63, 3.8) is 0 Å². The van der Waals surface area contributed by atoms with E-state index in [0.717, 1.165) is 39.0 Å². The molecule has 0 saturated heterocycles. The maximum Gasteiger partial charge on any atom is 0.170 e. The normalized spacial score (nSPS) is 11.5. The predicted molar refractivity (Wildman–Crippen MR) is 126 cm³/mol. The van der Waals surface area contributed by atoms with Gasteiger partial charge in [-0.3, -0.25) is 4.68 Å². The summed E-state index contributed by atoms with van der Waals surface area (Å²) < 4.78 is 7.69. The van der Waals surface area contributed by atoms with E-state index >= 15 is 0 Å². The van der Waals surface area contributed by atoms with Crippen LogP contribution in [0.4, 0.5) is 0 Å². The number of aryl methyl sites for hydroxylation is 2. The first-order valence-electron chi connectivity index (χ1n) is 10.2. The van der Waals surface area contributed by atoms with Gasteiger partial charge in [-0.2, -0.15) is 5.10 Å². The molecular formula is C24H25N5O2S. The maximum atomic E-state index is 6.14. The Morgan fingerprint density at radius 2 is 1.91 bits per heavy atom. The molecule has 0 aliphatic carbocycles. The number of nitrogens with two attached hydrogens (primary N) is 1. The number of thiazole rings is 1. The number of para-hydroxylation sites is 1. The first-order chi connectivity index (χ1) is 15.6. The summed E-state index contributed by atoms with van der Waals surface area (Å²) in [5.41, 5.74) is 10.9. The Labute approximate surface area is 191 Å². The van der Waals surface area contributed by atoms with Crippen LogP contribution in [0, 0.1) is 13.8 Å². The van der Waals surface area contributed by atoms with Gasteiger partial charge in [0.25, 0.3) is 0 Å². The summed E-state index contributed by atoms with van der Waals surface area (Å²) in [5, 5.41) is 11.4. The van der Waals surface area contributed by atoms with E-state index in [9.17, 15) is 0 Å². The zero-order chi connectivity index (χ0) is 22.3. The van der Waals surface area contributed by atoms with Crippen molar-refractivity contribution < 1.29 is 9.57 Å². The Morgan fingerprint density at radius 1 is 1.06 bits per heavy atom. The lowest BCUT2D eigenvalue weighted by Crippen LogP contribution is -2.14. The molecule has 0 fully saturated rings. The van der Waals surface area contributed by atoms with Crippen molar-refractivity contribution in [3.05, 3.63) is 99.3 Å². The number of ether oxygens (including phenoxy) is 1. The van der Waals surface area contributed by atoms with Crippen molar-refractivity contribution in [3.8, 4) is 5.75 Å². The van der Waals surface area contributed by atoms with Gasteiger partial charge in [-0.15, -0.1) is 11.3 Å². The molecule has 164 valence electrons. The van der Waals surface area contributed by atoms with Gasteiger partial charge in [0.1, 0.15) is 17.4 Å². The van der Waals surface area contributed by atoms with Crippen LogP contribution in [0.3, 0.4) is 0 Å². The van der Waals surface area contributed by atoms with E-state index in [1.165, 1.54) is 11.3 Å². The lowest BCUT2D eigenvalue weighted by atomic mass is 10.1. The van der Waals surface area contributed by atoms with Crippen molar-refractivity contribution in [2.24, 2.45) is 10.9 Å². The Balaban J connectivity index is 1.31. The van der Waals surface area contributed by atoms with E-state index in [4.69, 9.17) is 15.3 Å². The monoisotopic (exact) mass is 447 g/mol. The summed E-state index contributed by atoms with van der Waals surface area (Å²) in [7, 11) is 0. The van der Waals surface area contributed by atoms with Gasteiger partial charge < -0.3 is 15.3 Å². The summed E-state index contributed by atoms with van der Waals surface area (Å²) in [5.74, 6) is 1.14. The van der Waals surface area contributed by atoms with Crippen molar-refractivity contribution in [2.45, 2.75) is 33.6 Å². The van der Waals surface area contributed by atoms with Crippen LogP contribution >= 0.6 is 11.3 Å². The molecule has 2 aromatic heterocycles. The molecule has 0 aliphatic rings. The third kappa shape index (κ3) is 5.73. The largest absolute Gasteiger partial charge is 0.486 e. The minimum atomic E-state index is 0.244. The lowest BCUT2D eigenvalue weighted by molar-refractivity contribution is 0.127. The van der Waals surface area contributed by atoms with Crippen molar-refractivity contribution in [1.29, 1.82) is 0 Å². The van der Waals surface area contributed by atoms with E-state index in [2.05, 4.69) is 21.3 Å². The third-order valence-corrected chi connectivity index (χ3v) is 5.61. The van der Waals surface area contributed by atoms with Crippen LogP contribution in [0.2, 0.25) is 0 Å². The second-order valence-electron chi connectivity index (χ2n) is 7.37. The summed E-state index contributed by atoms with van der Waals surface area (Å²) in [6.07, 6.45) is 0. The van der Waals surface area contributed by atoms with Crippen LogP contribution in [-0.2, 0) is 24.6 Å². The molecule has 32 heavy (non-hydrogen) atoms. The highest BCUT2D eigenvalue weighted by Gasteiger charge is 2.07. The topological polar surface area (TPSA) is 87.6 Å². The van der Waals surface area contributed by atoms with Gasteiger partial charge in [0, 0.05) is 16.6 Å². The minimum absolute atomic E-state index is 0.244. The second kappa shape index (κ2) is 10.1. The van der Waals surface area contributed by atoms with E-state index in [1.54, 1.807) is 0 Å². The average Bonchev–Trinajstić information content (AvgIpc) is 3.38. The van der Waals surface area contributed by atoms with Gasteiger partial charge in [-0.05, 0) is 43.7 Å². The molecule has 2 N–H and O–H groups in total. The minimum Gasteiger partial charge on any atom is -0.486 e. The highest BCUT2D eigenvalue weighted by atomic mass is 32.1. The zero-order valence-electron chi connectivity index (χ0n) is 18.1. The molecule has 0 spiro atoms. The van der Waals surface area contributed by atoms with Crippen molar-refractivity contribution in [2.75, 3.05) is 0 Å². The standard InChI is InChI=1S/C24H25N5O2S/c1-17-11-18(2)29(27-17)13-19-7-6-8-20(12-19)24(25)28-31-14-21-16-32-23(26-21)15-30-22-9-4-3-5-10-22/h3-12,16H,13-15H2,1-2H3,(H2,25,28). The van der Waals surface area contributed by atoms with Gasteiger partial charge >= 0.3 is 0 Å². The molecule has 4 rings (SSSR count). The molecule has 0 bridgehead atoms. The third-order valence-electron chi connectivity index (χ3n) is 4.74. The van der Waals surface area contributed by atoms with Gasteiger partial charge in [0.05, 0.1) is 17.9 Å². The van der Waals surface area contributed by atoms with E-state index in [0.29, 0.717) is 19.0 Å². The average molecular weight is 448 g/mol. The SMILES string of the molecule is Cc1cc(C)n(Cc2cccc(/C(N)=N/OCc3csc(COc4ccccc4)n3)c2)n1. The highest BCUT2D eigenvalue weighted by Crippen LogP contribution is 2.16. The Hall–Kier alpha value is -3.65. The second-order valence-corrected chi connectivity index (χ2v) is 8.31. The van der Waals surface area contributed by atoms with Crippen LogP contribution in [0.25, 0.3) is 0 Å². The van der Waals surface area contributed by atoms with Gasteiger partial charge in [-0.1, -0.05) is 41.6 Å². The summed E-state index contributed by atoms with van der Waals surface area (Å²) in [6, 6.07) is 19.6. The molecule has 7 nitrogen and oxygen atoms in total. The lowest BCUT2D eigenvalue weighted by Gasteiger charge is -2.07. The fourth-order valence-corrected chi connectivity index (χ4v) is 3.89. The molecule has 0 amide bonds. The van der Waals surface area contributed by atoms with E-state index in [1.807, 2.05) is 78.5 Å². The number of benzene rings is 2. The van der Waals surface area contributed by atoms with E-state index < -0.39 is 0 Å². The number of oxime groups is 1. The van der Waals surface area contributed by atoms with Crippen LogP contribution in [0.5, 0.6) is 5.75 Å². The van der Waals surface area contributed by atoms with E-state index in [-0.39, 0.29) is 6.61 Å². The molecule has 8 heteroatoms. The van der Waals surface area contributed by atoms with Crippen LogP contribution in [0.15, 0.2) is 71.2 Å². The molecule has 0 radical (unpaired) electrons. The summed E-state index contributed by atoms with van der Waals surface area (Å²) in [6.45, 7) is 5.37. The first-order valence-corrected chi connectivity index (χ1v) is 11.1. The molecular weight excluding hydrogens is 422 g/mol. The van der Waals surface area contributed by atoms with Gasteiger partial charge in [0.15, 0.2) is 12.4 Å². The number of nitrogens with zero attached hydrogens (tertiary/aromatic N) is 4. The molecule has 4 aromatic rings. The van der Waals surface area contributed by atoms with Gasteiger partial charge in [0.2, 0.25) is 0 Å². The Morgan fingerprint density at radius 3 is 2.69 bits per heavy atom. The molecule has 0 atom stereocenters. The van der Waals surface area contributed by atoms with Crippen molar-refractivity contribution in [1.82, 2.24) is 14.8 Å². The number of aromatic nitrogens is 3. The molecule has 2 heterocycles. The van der Waals surface area contributed by atoms with Gasteiger partial charge in [-0.25, -0.2) is 4.98 Å². The molecule has 0 saturated carbocycles. The fourth-order valence-electron chi connectivity index (χ4n) is 3.20. The number of hydrogen-bond acceptors (Lipinski definition) is 6. The Kier molecular flexibility index (Phi) is 6.81. The molecule has 0 aliphatic heterocycles. The smallest absolute Gasteiger partial charge is 0.170 e. The van der Waals surface area contributed by atoms with Crippen LogP contribution in [0.1, 0.15) is 33.2 Å². The zero-order valence-corrected chi connectivity index (χ0v) is 18.9. The molecule has 0 unspecified atom stereocenters. The highest BCUT2D eigenvalue weighted by molar-refractivity contribution is 7.09. The number of hydrogen-bond donors (Lipinski definition) is 1. The van der Waals surface area contributed by atoms with Crippen LogP contribution in [-0.4, -0.2) is 20.6 Å². The number of rotatable bonds is 9. The molecule has 2 aromatic carbocycles. The Bertz CT molecular complexity index is 1200.